The Balaban J connectivity index is 1.20. The molecule has 6 heterocycles. The van der Waals surface area contributed by atoms with Crippen molar-refractivity contribution < 1.29 is 57.3 Å². The van der Waals surface area contributed by atoms with E-state index in [4.69, 9.17) is 34.9 Å². The first kappa shape index (κ1) is 31.5. The van der Waals surface area contributed by atoms with Gasteiger partial charge in [0.15, 0.2) is 29.3 Å². The Labute approximate surface area is 250 Å². The molecule has 0 aromatic carbocycles. The van der Waals surface area contributed by atoms with Crippen LogP contribution in [0.4, 0.5) is 11.6 Å². The number of aliphatic hydroxyl groups excluding tert-OH is 3. The first-order chi connectivity index (χ1) is 21.3. The monoisotopic (exact) mass is 674 g/mol. The molecular weight excluding hydrogens is 648 g/mol. The fourth-order valence-corrected chi connectivity index (χ4v) is 6.25. The highest BCUT2D eigenvalue weighted by molar-refractivity contribution is 7.47. The van der Waals surface area contributed by atoms with E-state index in [2.05, 4.69) is 29.4 Å². The number of ether oxygens (including phenoxy) is 2. The summed E-state index contributed by atoms with van der Waals surface area (Å²) >= 11 is 0. The molecule has 24 heteroatoms. The number of phosphoric ester groups is 1. The average molecular weight is 674 g/mol. The van der Waals surface area contributed by atoms with Crippen LogP contribution in [0.25, 0.3) is 22.3 Å². The lowest BCUT2D eigenvalue weighted by molar-refractivity contribution is -0.0609. The first-order valence-electron chi connectivity index (χ1n) is 12.9. The molecule has 0 radical (unpaired) electrons. The van der Waals surface area contributed by atoms with E-state index in [0.717, 1.165) is 10.9 Å². The van der Waals surface area contributed by atoms with Crippen molar-refractivity contribution in [3.05, 3.63) is 35.3 Å². The van der Waals surface area contributed by atoms with Gasteiger partial charge in [-0.15, -0.1) is 9.42 Å². The second-order valence-corrected chi connectivity index (χ2v) is 12.1. The van der Waals surface area contributed by atoms with Gasteiger partial charge in [0, 0.05) is 10.8 Å². The Bertz CT molecular complexity index is 1850. The fourth-order valence-electron chi connectivity index (χ4n) is 5.05. The summed E-state index contributed by atoms with van der Waals surface area (Å²) in [4.78, 5) is 50.4. The number of fused-ring (bicyclic) bond motifs is 2. The number of phosphoric acid groups is 1. The van der Waals surface area contributed by atoms with Gasteiger partial charge in [0.05, 0.1) is 24.9 Å². The zero-order valence-corrected chi connectivity index (χ0v) is 24.4. The van der Waals surface area contributed by atoms with Crippen LogP contribution in [0.15, 0.2) is 29.7 Å². The zero-order chi connectivity index (χ0) is 32.2. The van der Waals surface area contributed by atoms with Gasteiger partial charge in [-0.1, -0.05) is 0 Å². The number of aromatic nitrogens is 7. The van der Waals surface area contributed by atoms with Crippen molar-refractivity contribution >= 4 is 50.0 Å². The summed E-state index contributed by atoms with van der Waals surface area (Å²) in [5.74, 6) is -0.294. The van der Waals surface area contributed by atoms with Crippen LogP contribution in [-0.2, 0) is 32.2 Å². The van der Waals surface area contributed by atoms with Crippen molar-refractivity contribution in [1.82, 2.24) is 34.1 Å². The molecule has 0 spiro atoms. The highest BCUT2D eigenvalue weighted by atomic mass is 31.2. The zero-order valence-electron chi connectivity index (χ0n) is 22.6. The molecule has 4 aromatic heterocycles. The number of nitrogen functional groups attached to an aromatic ring is 2. The van der Waals surface area contributed by atoms with Gasteiger partial charge in [-0.05, 0) is 6.07 Å². The number of pyridine rings is 1. The minimum atomic E-state index is -5.14. The van der Waals surface area contributed by atoms with Crippen LogP contribution in [0.5, 0.6) is 0 Å². The third-order valence-electron chi connectivity index (χ3n) is 7.15. The Hall–Kier alpha value is -3.50. The predicted molar refractivity (Wildman–Crippen MR) is 147 cm³/mol. The van der Waals surface area contributed by atoms with E-state index in [1.54, 1.807) is 0 Å². The lowest BCUT2D eigenvalue weighted by Gasteiger charge is -2.24. The van der Waals surface area contributed by atoms with Crippen molar-refractivity contribution in [2.24, 2.45) is 0 Å². The van der Waals surface area contributed by atoms with Gasteiger partial charge in [-0.3, -0.25) is 28.0 Å². The van der Waals surface area contributed by atoms with E-state index < -0.39 is 83.9 Å². The topological polar surface area (TPSA) is 328 Å². The van der Waals surface area contributed by atoms with Crippen LogP contribution in [0.1, 0.15) is 12.5 Å². The van der Waals surface area contributed by atoms with Crippen LogP contribution < -0.4 is 17.0 Å². The van der Waals surface area contributed by atoms with Crippen LogP contribution in [0.3, 0.4) is 0 Å². The van der Waals surface area contributed by atoms with Gasteiger partial charge in [0.1, 0.15) is 48.7 Å². The predicted octanol–water partition coefficient (Wildman–Crippen LogP) is -2.23. The van der Waals surface area contributed by atoms with Crippen LogP contribution in [0, 0.1) is 0 Å². The summed E-state index contributed by atoms with van der Waals surface area (Å²) < 4.78 is 53.0. The number of nitrogens with one attached hydrogen (secondary N) is 1. The normalized spacial score (nSPS) is 30.3. The van der Waals surface area contributed by atoms with Gasteiger partial charge in [0.25, 0.3) is 5.56 Å². The summed E-state index contributed by atoms with van der Waals surface area (Å²) in [6.45, 7) is -1.43. The number of hydrogen-bond acceptors (Lipinski definition) is 17. The number of hydrogen-bond donors (Lipinski definition) is 8. The molecule has 45 heavy (non-hydrogen) atoms. The van der Waals surface area contributed by atoms with Crippen molar-refractivity contribution in [1.29, 1.82) is 0 Å². The van der Waals surface area contributed by atoms with Gasteiger partial charge >= 0.3 is 16.1 Å². The molecule has 10 N–H and O–H groups in total. The van der Waals surface area contributed by atoms with E-state index >= 15 is 0 Å². The Morgan fingerprint density at radius 1 is 0.978 bits per heavy atom. The highest BCUT2D eigenvalue weighted by Crippen LogP contribution is 2.50. The van der Waals surface area contributed by atoms with Gasteiger partial charge < -0.3 is 41.2 Å². The lowest BCUT2D eigenvalue weighted by atomic mass is 10.1. The highest BCUT2D eigenvalue weighted by Gasteiger charge is 2.51. The minimum Gasteiger partial charge on any atom is -0.397 e. The minimum absolute atomic E-state index is 0.142. The molecule has 0 amide bonds. The second-order valence-electron chi connectivity index (χ2n) is 9.97. The SMILES string of the molecule is Nc1nc2c(ncn2[C@@H]2O[C@H](CO[P+](=O)O)[C@@H](O)[C@H]2OP(=O)(O)OC[C@H]2O[C@@H](n3cnc4c(N)ccnc43)[C@H](O)[C@@H]2O)c(=O)[nH]1. The standard InChI is InChI=1S/C21H25N9O13P2/c22-7-1-2-24-16-10(7)25-5-29(16)19-14(33)12(31)9(41-19)4-40-45(37,38)43-15-13(32)8(3-39-44(35)36)42-20(15)30-6-26-11-17(30)27-21(23)28-18(11)34/h1-2,5-6,8-9,12-15,19-20,31-33H,3-4H2,(H6-,22,23,24,27,28,34,35,36,37,38)/p+1/t8-,9-,12-,13-,14-,15-,19-,20-/m1/s1. The van der Waals surface area contributed by atoms with Crippen molar-refractivity contribution in [2.75, 3.05) is 24.7 Å². The van der Waals surface area contributed by atoms with E-state index in [9.17, 15) is 34.1 Å². The van der Waals surface area contributed by atoms with Gasteiger partial charge in [-0.2, -0.15) is 4.98 Å². The van der Waals surface area contributed by atoms with Crippen LogP contribution >= 0.6 is 16.1 Å². The third-order valence-corrected chi connectivity index (χ3v) is 8.50. The van der Waals surface area contributed by atoms with Crippen LogP contribution in [0.2, 0.25) is 0 Å². The molecule has 242 valence electrons. The number of rotatable bonds is 10. The molecule has 2 saturated heterocycles. The molecule has 0 aliphatic carbocycles. The Kier molecular flexibility index (Phi) is 8.41. The maximum Gasteiger partial charge on any atom is 0.694 e. The quantitative estimate of drug-likeness (QED) is 0.0825. The molecule has 10 atom stereocenters. The largest absolute Gasteiger partial charge is 0.694 e. The lowest BCUT2D eigenvalue weighted by Crippen LogP contribution is -2.36. The van der Waals surface area contributed by atoms with Crippen molar-refractivity contribution in [2.45, 2.75) is 49.1 Å². The Morgan fingerprint density at radius 3 is 2.38 bits per heavy atom. The van der Waals surface area contributed by atoms with E-state index in [0.29, 0.717) is 11.2 Å². The number of H-pyrrole nitrogens is 1. The fraction of sp³-hybridized carbons (Fsp3) is 0.476. The number of nitrogens with two attached hydrogens (primary N) is 2. The number of anilines is 2. The smallest absolute Gasteiger partial charge is 0.397 e. The average Bonchev–Trinajstić information content (AvgIpc) is 3.73. The van der Waals surface area contributed by atoms with Gasteiger partial charge in [0.2, 0.25) is 5.95 Å². The van der Waals surface area contributed by atoms with Gasteiger partial charge in [-0.25, -0.2) is 19.5 Å². The summed E-state index contributed by atoms with van der Waals surface area (Å²) in [5.41, 5.74) is 11.4. The second kappa shape index (κ2) is 12.0. The Morgan fingerprint density at radius 2 is 1.64 bits per heavy atom. The number of imidazole rings is 2. The number of aromatic amines is 1. The molecule has 2 fully saturated rings. The van der Waals surface area contributed by atoms with E-state index in [1.807, 2.05) is 0 Å². The number of nitrogens with zero attached hydrogens (tertiary/aromatic N) is 6. The molecule has 2 aliphatic rings. The summed E-state index contributed by atoms with van der Waals surface area (Å²) in [6.07, 6.45) is -8.34. The van der Waals surface area contributed by atoms with Crippen molar-refractivity contribution in [3.63, 3.8) is 0 Å². The summed E-state index contributed by atoms with van der Waals surface area (Å²) in [7, 11) is -8.24. The molecule has 2 aliphatic heterocycles. The van der Waals surface area contributed by atoms with Crippen molar-refractivity contribution in [3.8, 4) is 0 Å². The summed E-state index contributed by atoms with van der Waals surface area (Å²) in [6, 6.07) is 1.52. The molecule has 2 unspecified atom stereocenters. The third kappa shape index (κ3) is 5.94. The maximum atomic E-state index is 13.1. The van der Waals surface area contributed by atoms with Crippen LogP contribution in [-0.4, -0.2) is 109 Å². The molecule has 0 bridgehead atoms. The summed E-state index contributed by atoms with van der Waals surface area (Å²) in [5, 5.41) is 32.2. The molecule has 0 saturated carbocycles. The molecule has 22 nitrogen and oxygen atoms in total. The molecular formula is C21H26N9O13P2+. The van der Waals surface area contributed by atoms with E-state index in [-0.39, 0.29) is 22.8 Å². The molecule has 4 aromatic rings. The van der Waals surface area contributed by atoms with E-state index in [1.165, 1.54) is 23.2 Å². The maximum absolute atomic E-state index is 13.1. The number of aliphatic hydroxyl groups is 3. The molecule has 6 rings (SSSR count). The first-order valence-corrected chi connectivity index (χ1v) is 15.6.